The van der Waals surface area contributed by atoms with Gasteiger partial charge in [0.1, 0.15) is 0 Å². The molecule has 1 heterocycles. The quantitative estimate of drug-likeness (QED) is 0.840. The molecule has 1 aliphatic rings. The molecule has 21 heavy (non-hydrogen) atoms. The van der Waals surface area contributed by atoms with Gasteiger partial charge in [-0.3, -0.25) is 0 Å². The molecule has 2 rings (SSSR count). The van der Waals surface area contributed by atoms with Gasteiger partial charge in [0.05, 0.1) is 0 Å². The van der Waals surface area contributed by atoms with Crippen LogP contribution in [0.3, 0.4) is 0 Å². The first-order valence-electron chi connectivity index (χ1n) is 8.18. The SMILES string of the molecule is CNC(CCN1CC(C)CC(C)C1C)c1ccc(Br)cc1. The Morgan fingerprint density at radius 1 is 1.24 bits per heavy atom. The summed E-state index contributed by atoms with van der Waals surface area (Å²) in [4.78, 5) is 2.68. The molecule has 1 N–H and O–H groups in total. The van der Waals surface area contributed by atoms with Crippen molar-refractivity contribution < 1.29 is 0 Å². The second-order valence-electron chi connectivity index (χ2n) is 6.74. The van der Waals surface area contributed by atoms with Crippen LogP contribution in [0.15, 0.2) is 28.7 Å². The summed E-state index contributed by atoms with van der Waals surface area (Å²) in [7, 11) is 2.07. The van der Waals surface area contributed by atoms with Crippen LogP contribution in [0, 0.1) is 11.8 Å². The lowest BCUT2D eigenvalue weighted by atomic mass is 9.85. The average molecular weight is 353 g/mol. The van der Waals surface area contributed by atoms with E-state index in [2.05, 4.69) is 78.2 Å². The summed E-state index contributed by atoms with van der Waals surface area (Å²) in [5.74, 6) is 1.64. The minimum Gasteiger partial charge on any atom is -0.313 e. The number of hydrogen-bond acceptors (Lipinski definition) is 2. The first-order chi connectivity index (χ1) is 10.0. The van der Waals surface area contributed by atoms with Gasteiger partial charge in [-0.2, -0.15) is 0 Å². The van der Waals surface area contributed by atoms with Crippen molar-refractivity contribution >= 4 is 15.9 Å². The molecule has 3 heteroatoms. The second-order valence-corrected chi connectivity index (χ2v) is 7.65. The molecule has 1 aromatic rings. The number of benzene rings is 1. The first-order valence-corrected chi connectivity index (χ1v) is 8.97. The van der Waals surface area contributed by atoms with Crippen molar-refractivity contribution in [2.24, 2.45) is 11.8 Å². The fraction of sp³-hybridized carbons (Fsp3) is 0.667. The Morgan fingerprint density at radius 2 is 1.90 bits per heavy atom. The maximum Gasteiger partial charge on any atom is 0.0329 e. The van der Waals surface area contributed by atoms with Crippen molar-refractivity contribution in [1.82, 2.24) is 10.2 Å². The van der Waals surface area contributed by atoms with E-state index in [9.17, 15) is 0 Å². The summed E-state index contributed by atoms with van der Waals surface area (Å²) in [6.07, 6.45) is 2.54. The fourth-order valence-electron chi connectivity index (χ4n) is 3.60. The highest BCUT2D eigenvalue weighted by molar-refractivity contribution is 9.10. The van der Waals surface area contributed by atoms with E-state index in [1.807, 2.05) is 0 Å². The van der Waals surface area contributed by atoms with Crippen LogP contribution in [0.2, 0.25) is 0 Å². The zero-order chi connectivity index (χ0) is 15.4. The van der Waals surface area contributed by atoms with E-state index in [0.29, 0.717) is 12.1 Å². The van der Waals surface area contributed by atoms with E-state index in [1.54, 1.807) is 0 Å². The molecule has 1 fully saturated rings. The zero-order valence-electron chi connectivity index (χ0n) is 13.8. The van der Waals surface area contributed by atoms with E-state index >= 15 is 0 Å². The van der Waals surface area contributed by atoms with E-state index in [1.165, 1.54) is 31.5 Å². The number of hydrogen-bond donors (Lipinski definition) is 1. The van der Waals surface area contributed by atoms with Gasteiger partial charge in [-0.15, -0.1) is 0 Å². The number of nitrogens with zero attached hydrogens (tertiary/aromatic N) is 1. The van der Waals surface area contributed by atoms with Gasteiger partial charge in [0.25, 0.3) is 0 Å². The van der Waals surface area contributed by atoms with Crippen molar-refractivity contribution in [2.75, 3.05) is 20.1 Å². The Balaban J connectivity index is 1.94. The Bertz CT molecular complexity index is 431. The van der Waals surface area contributed by atoms with Crippen molar-refractivity contribution in [3.05, 3.63) is 34.3 Å². The van der Waals surface area contributed by atoms with Crippen LogP contribution in [-0.2, 0) is 0 Å². The summed E-state index contributed by atoms with van der Waals surface area (Å²) in [6.45, 7) is 9.61. The van der Waals surface area contributed by atoms with Crippen LogP contribution in [0.5, 0.6) is 0 Å². The normalized spacial score (nSPS) is 28.5. The van der Waals surface area contributed by atoms with Gasteiger partial charge in [-0.1, -0.05) is 41.9 Å². The first kappa shape index (κ1) is 17.0. The Hall–Kier alpha value is -0.380. The van der Waals surface area contributed by atoms with E-state index in [0.717, 1.165) is 16.3 Å². The molecule has 0 saturated carbocycles. The molecule has 0 amide bonds. The number of halogens is 1. The Kier molecular flexibility index (Phi) is 6.27. The summed E-state index contributed by atoms with van der Waals surface area (Å²) in [6, 6.07) is 9.86. The highest BCUT2D eigenvalue weighted by Gasteiger charge is 2.28. The molecule has 1 saturated heterocycles. The fourth-order valence-corrected chi connectivity index (χ4v) is 3.86. The van der Waals surface area contributed by atoms with Crippen LogP contribution in [-0.4, -0.2) is 31.1 Å². The van der Waals surface area contributed by atoms with Crippen LogP contribution >= 0.6 is 15.9 Å². The maximum absolute atomic E-state index is 3.51. The molecule has 2 nitrogen and oxygen atoms in total. The molecule has 1 aromatic carbocycles. The number of nitrogens with one attached hydrogen (secondary N) is 1. The lowest BCUT2D eigenvalue weighted by Crippen LogP contribution is -2.46. The standard InChI is InChI=1S/C18H29BrN2/c1-13-11-14(2)15(3)21(12-13)10-9-18(20-4)16-5-7-17(19)8-6-16/h5-8,13-15,18,20H,9-12H2,1-4H3. The molecule has 0 radical (unpaired) electrons. The zero-order valence-corrected chi connectivity index (χ0v) is 15.4. The molecule has 0 bridgehead atoms. The van der Waals surface area contributed by atoms with Crippen LogP contribution in [0.25, 0.3) is 0 Å². The largest absolute Gasteiger partial charge is 0.313 e. The Labute approximate surface area is 138 Å². The predicted molar refractivity (Wildman–Crippen MR) is 94.5 cm³/mol. The van der Waals surface area contributed by atoms with Crippen LogP contribution < -0.4 is 5.32 Å². The minimum atomic E-state index is 0.442. The smallest absolute Gasteiger partial charge is 0.0329 e. The third-order valence-corrected chi connectivity index (χ3v) is 5.57. The third-order valence-electron chi connectivity index (χ3n) is 5.05. The second kappa shape index (κ2) is 7.75. The van der Waals surface area contributed by atoms with Gasteiger partial charge < -0.3 is 10.2 Å². The molecule has 118 valence electrons. The van der Waals surface area contributed by atoms with Gasteiger partial charge in [0.15, 0.2) is 0 Å². The lowest BCUT2D eigenvalue weighted by Gasteiger charge is -2.41. The lowest BCUT2D eigenvalue weighted by molar-refractivity contribution is 0.0760. The highest BCUT2D eigenvalue weighted by atomic mass is 79.9. The number of piperidine rings is 1. The molecule has 1 aliphatic heterocycles. The van der Waals surface area contributed by atoms with E-state index in [4.69, 9.17) is 0 Å². The molecule has 0 aliphatic carbocycles. The van der Waals surface area contributed by atoms with E-state index < -0.39 is 0 Å². The minimum absolute atomic E-state index is 0.442. The number of likely N-dealkylation sites (tertiary alicyclic amines) is 1. The molecule has 0 spiro atoms. The predicted octanol–water partition coefficient (Wildman–Crippen LogP) is 4.47. The summed E-state index contributed by atoms with van der Waals surface area (Å²) in [5.41, 5.74) is 1.38. The van der Waals surface area contributed by atoms with Crippen molar-refractivity contribution in [1.29, 1.82) is 0 Å². The molecular weight excluding hydrogens is 324 g/mol. The van der Waals surface area contributed by atoms with E-state index in [-0.39, 0.29) is 0 Å². The summed E-state index contributed by atoms with van der Waals surface area (Å²) >= 11 is 3.51. The van der Waals surface area contributed by atoms with Crippen molar-refractivity contribution in [2.45, 2.75) is 45.7 Å². The maximum atomic E-state index is 3.51. The van der Waals surface area contributed by atoms with Gasteiger partial charge in [-0.05, 0) is 56.3 Å². The summed E-state index contributed by atoms with van der Waals surface area (Å²) < 4.78 is 1.15. The van der Waals surface area contributed by atoms with Crippen molar-refractivity contribution in [3.8, 4) is 0 Å². The van der Waals surface area contributed by atoms with Crippen LogP contribution in [0.4, 0.5) is 0 Å². The van der Waals surface area contributed by atoms with Gasteiger partial charge in [0.2, 0.25) is 0 Å². The van der Waals surface area contributed by atoms with Gasteiger partial charge in [0, 0.05) is 29.6 Å². The van der Waals surface area contributed by atoms with Crippen LogP contribution in [0.1, 0.15) is 45.2 Å². The molecular formula is C18H29BrN2. The average Bonchev–Trinajstić information content (AvgIpc) is 2.46. The van der Waals surface area contributed by atoms with Gasteiger partial charge >= 0.3 is 0 Å². The topological polar surface area (TPSA) is 15.3 Å². The molecule has 0 aromatic heterocycles. The van der Waals surface area contributed by atoms with Gasteiger partial charge in [-0.25, -0.2) is 0 Å². The Morgan fingerprint density at radius 3 is 2.52 bits per heavy atom. The molecule has 4 atom stereocenters. The van der Waals surface area contributed by atoms with Crippen molar-refractivity contribution in [3.63, 3.8) is 0 Å². The third kappa shape index (κ3) is 4.54. The summed E-state index contributed by atoms with van der Waals surface area (Å²) in [5, 5.41) is 3.47. The monoisotopic (exact) mass is 352 g/mol. The highest BCUT2D eigenvalue weighted by Crippen LogP contribution is 2.28. The molecule has 4 unspecified atom stereocenters. The number of rotatable bonds is 5.